The number of pyridine rings is 1. The second kappa shape index (κ2) is 10.6. The number of hydrogen-bond donors (Lipinski definition) is 2. The number of anilines is 1. The van der Waals surface area contributed by atoms with E-state index in [1.54, 1.807) is 19.3 Å². The summed E-state index contributed by atoms with van der Waals surface area (Å²) in [5, 5.41) is 9.87. The molecule has 0 radical (unpaired) electrons. The molecule has 0 spiro atoms. The van der Waals surface area contributed by atoms with E-state index < -0.39 is 0 Å². The predicted molar refractivity (Wildman–Crippen MR) is 128 cm³/mol. The van der Waals surface area contributed by atoms with Gasteiger partial charge in [0.15, 0.2) is 0 Å². The molecule has 0 bridgehead atoms. The van der Waals surface area contributed by atoms with Gasteiger partial charge in [-0.3, -0.25) is 14.6 Å². The number of hydrogen-bond acceptors (Lipinski definition) is 6. The molecule has 1 fully saturated rings. The van der Waals surface area contributed by atoms with Crippen LogP contribution in [-0.4, -0.2) is 33.8 Å². The summed E-state index contributed by atoms with van der Waals surface area (Å²) in [6, 6.07) is 11.3. The lowest BCUT2D eigenvalue weighted by atomic mass is 10.1. The van der Waals surface area contributed by atoms with Crippen molar-refractivity contribution in [3.05, 3.63) is 86.6 Å². The van der Waals surface area contributed by atoms with Crippen LogP contribution in [0.5, 0.6) is 0 Å². The van der Waals surface area contributed by atoms with Crippen LogP contribution < -0.4 is 21.3 Å². The summed E-state index contributed by atoms with van der Waals surface area (Å²) in [5.74, 6) is -0.224. The van der Waals surface area contributed by atoms with E-state index in [4.69, 9.17) is 11.6 Å². The molecule has 1 amide bonds. The minimum atomic E-state index is -0.245. The smallest absolute Gasteiger partial charge is 0.270 e. The number of aryl methyl sites for hydroxylation is 3. The average Bonchev–Trinajstić information content (AvgIpc) is 3.35. The van der Waals surface area contributed by atoms with Crippen molar-refractivity contribution in [1.82, 2.24) is 25.5 Å². The molecule has 9 heteroatoms. The fourth-order valence-electron chi connectivity index (χ4n) is 3.86. The molecule has 33 heavy (non-hydrogen) atoms. The number of nitrogens with zero attached hydrogens (tertiary/aromatic N) is 4. The summed E-state index contributed by atoms with van der Waals surface area (Å²) in [6.45, 7) is 4.35. The van der Waals surface area contributed by atoms with Gasteiger partial charge in [0.25, 0.3) is 5.56 Å². The van der Waals surface area contributed by atoms with Crippen LogP contribution in [0.1, 0.15) is 28.8 Å². The van der Waals surface area contributed by atoms with Gasteiger partial charge >= 0.3 is 0 Å². The molecule has 172 valence electrons. The Morgan fingerprint density at radius 3 is 2.91 bits per heavy atom. The Bertz CT molecular complexity index is 1180. The number of rotatable bonds is 8. The van der Waals surface area contributed by atoms with Gasteiger partial charge in [0.05, 0.1) is 24.8 Å². The van der Waals surface area contributed by atoms with E-state index in [-0.39, 0.29) is 17.9 Å². The molecule has 4 rings (SSSR count). The van der Waals surface area contributed by atoms with Crippen LogP contribution in [0.25, 0.3) is 0 Å². The van der Waals surface area contributed by atoms with Crippen LogP contribution in [-0.2, 0) is 30.7 Å². The third-order valence-corrected chi connectivity index (χ3v) is 5.91. The average molecular weight is 467 g/mol. The zero-order valence-corrected chi connectivity index (χ0v) is 19.3. The highest BCUT2D eigenvalue weighted by Crippen LogP contribution is 2.25. The minimum Gasteiger partial charge on any atom is -0.352 e. The first-order valence-corrected chi connectivity index (χ1v) is 11.4. The highest BCUT2D eigenvalue weighted by Gasteiger charge is 2.17. The predicted octanol–water partition coefficient (Wildman–Crippen LogP) is 2.42. The van der Waals surface area contributed by atoms with Crippen LogP contribution in [0.4, 0.5) is 5.69 Å². The van der Waals surface area contributed by atoms with Crippen LogP contribution >= 0.6 is 11.6 Å². The summed E-state index contributed by atoms with van der Waals surface area (Å²) in [6.07, 6.45) is 5.00. The minimum absolute atomic E-state index is 0.00532. The number of hydrazine groups is 1. The summed E-state index contributed by atoms with van der Waals surface area (Å²) >= 11 is 6.19. The molecule has 0 aliphatic carbocycles. The van der Waals surface area contributed by atoms with E-state index in [2.05, 4.69) is 25.8 Å². The summed E-state index contributed by atoms with van der Waals surface area (Å²) in [4.78, 5) is 30.0. The first-order valence-electron chi connectivity index (χ1n) is 11.0. The zero-order chi connectivity index (χ0) is 23.2. The van der Waals surface area contributed by atoms with Crippen LogP contribution in [0.15, 0.2) is 53.6 Å². The third-order valence-electron chi connectivity index (χ3n) is 5.67. The standard InChI is InChI=1S/C24H27ClN6O2/c1-17-15-29-31(12-8-20-5-2-3-9-26-20)24(33)21(17)14-23(32)27-16-18-13-19(25)6-7-22(18)30-11-4-10-28-30/h2-3,5-7,9,13,15,28H,4,8,10-12,14,16H2,1H3,(H,27,32). The SMILES string of the molecule is Cc1cnn(CCc2ccccn2)c(=O)c1CC(=O)NCc1cc(Cl)ccc1N1CCCN1. The van der Waals surface area contributed by atoms with Crippen LogP contribution in [0.2, 0.25) is 5.02 Å². The lowest BCUT2D eigenvalue weighted by Gasteiger charge is -2.22. The van der Waals surface area contributed by atoms with Crippen molar-refractivity contribution >= 4 is 23.2 Å². The van der Waals surface area contributed by atoms with Crippen molar-refractivity contribution in [1.29, 1.82) is 0 Å². The Morgan fingerprint density at radius 2 is 2.15 bits per heavy atom. The molecule has 0 saturated carbocycles. The molecule has 1 aliphatic rings. The number of benzene rings is 1. The van der Waals surface area contributed by atoms with Gasteiger partial charge in [-0.2, -0.15) is 5.10 Å². The normalized spacial score (nSPS) is 13.3. The molecular weight excluding hydrogens is 440 g/mol. The van der Waals surface area contributed by atoms with Crippen molar-refractivity contribution in [2.75, 3.05) is 18.1 Å². The van der Waals surface area contributed by atoms with Crippen molar-refractivity contribution in [3.63, 3.8) is 0 Å². The molecule has 3 heterocycles. The Hall–Kier alpha value is -3.23. The number of halogens is 1. The van der Waals surface area contributed by atoms with Crippen molar-refractivity contribution in [2.24, 2.45) is 0 Å². The van der Waals surface area contributed by atoms with E-state index in [0.29, 0.717) is 35.7 Å². The molecule has 1 aliphatic heterocycles. The fraction of sp³-hybridized carbons (Fsp3) is 0.333. The molecule has 8 nitrogen and oxygen atoms in total. The number of carbonyl (C=O) groups is 1. The van der Waals surface area contributed by atoms with E-state index in [1.807, 2.05) is 36.4 Å². The molecular formula is C24H27ClN6O2. The highest BCUT2D eigenvalue weighted by molar-refractivity contribution is 6.30. The Balaban J connectivity index is 1.42. The van der Waals surface area contributed by atoms with Gasteiger partial charge in [-0.15, -0.1) is 0 Å². The Labute approximate surface area is 197 Å². The van der Waals surface area contributed by atoms with E-state index >= 15 is 0 Å². The molecule has 0 unspecified atom stereocenters. The first kappa shape index (κ1) is 22.9. The molecule has 1 saturated heterocycles. The van der Waals surface area contributed by atoms with Gasteiger partial charge in [-0.1, -0.05) is 17.7 Å². The lowest BCUT2D eigenvalue weighted by molar-refractivity contribution is -0.120. The number of amides is 1. The van der Waals surface area contributed by atoms with Gasteiger partial charge in [0, 0.05) is 48.5 Å². The second-order valence-corrected chi connectivity index (χ2v) is 8.48. The second-order valence-electron chi connectivity index (χ2n) is 8.05. The summed E-state index contributed by atoms with van der Waals surface area (Å²) < 4.78 is 1.40. The maximum Gasteiger partial charge on any atom is 0.270 e. The quantitative estimate of drug-likeness (QED) is 0.529. The summed E-state index contributed by atoms with van der Waals surface area (Å²) in [7, 11) is 0. The first-order chi connectivity index (χ1) is 16.0. The molecule has 3 aromatic rings. The van der Waals surface area contributed by atoms with Gasteiger partial charge in [-0.05, 0) is 54.8 Å². The van der Waals surface area contributed by atoms with Gasteiger partial charge in [0.2, 0.25) is 5.91 Å². The number of carbonyl (C=O) groups excluding carboxylic acids is 1. The van der Waals surface area contributed by atoms with Crippen LogP contribution in [0, 0.1) is 6.92 Å². The molecule has 0 atom stereocenters. The third kappa shape index (κ3) is 5.77. The topological polar surface area (TPSA) is 92.1 Å². The molecule has 1 aromatic carbocycles. The van der Waals surface area contributed by atoms with E-state index in [9.17, 15) is 9.59 Å². The van der Waals surface area contributed by atoms with Crippen molar-refractivity contribution in [2.45, 2.75) is 39.3 Å². The van der Waals surface area contributed by atoms with E-state index in [0.717, 1.165) is 36.5 Å². The Morgan fingerprint density at radius 1 is 1.27 bits per heavy atom. The molecule has 2 N–H and O–H groups in total. The lowest BCUT2D eigenvalue weighted by Crippen LogP contribution is -2.34. The van der Waals surface area contributed by atoms with Gasteiger partial charge in [0.1, 0.15) is 0 Å². The van der Waals surface area contributed by atoms with E-state index in [1.165, 1.54) is 4.68 Å². The molecule has 2 aromatic heterocycles. The number of nitrogens with one attached hydrogen (secondary N) is 2. The van der Waals surface area contributed by atoms with Gasteiger partial charge in [-0.25, -0.2) is 10.1 Å². The van der Waals surface area contributed by atoms with Crippen molar-refractivity contribution in [3.8, 4) is 0 Å². The maximum absolute atomic E-state index is 13.0. The fourth-order valence-corrected chi connectivity index (χ4v) is 4.06. The summed E-state index contributed by atoms with van der Waals surface area (Å²) in [5.41, 5.74) is 7.04. The highest BCUT2D eigenvalue weighted by atomic mass is 35.5. The van der Waals surface area contributed by atoms with Gasteiger partial charge < -0.3 is 10.3 Å². The Kier molecular flexibility index (Phi) is 7.36. The monoisotopic (exact) mass is 466 g/mol. The van der Waals surface area contributed by atoms with Crippen molar-refractivity contribution < 1.29 is 4.79 Å². The maximum atomic E-state index is 13.0. The zero-order valence-electron chi connectivity index (χ0n) is 18.6. The van der Waals surface area contributed by atoms with Crippen LogP contribution in [0.3, 0.4) is 0 Å². The largest absolute Gasteiger partial charge is 0.352 e. The number of aromatic nitrogens is 3.